The van der Waals surface area contributed by atoms with Crippen LogP contribution in [-0.4, -0.2) is 80.9 Å². The van der Waals surface area contributed by atoms with Gasteiger partial charge in [0, 0.05) is 30.6 Å². The number of hydrogen-bond acceptors (Lipinski definition) is 5. The van der Waals surface area contributed by atoms with Crippen molar-refractivity contribution in [3.8, 4) is 0 Å². The molecule has 7 atom stereocenters. The highest BCUT2D eigenvalue weighted by Gasteiger charge is 2.77. The van der Waals surface area contributed by atoms with Gasteiger partial charge in [0.05, 0.1) is 29.2 Å². The van der Waals surface area contributed by atoms with E-state index < -0.39 is 28.7 Å². The van der Waals surface area contributed by atoms with E-state index in [1.54, 1.807) is 33.7 Å². The van der Waals surface area contributed by atoms with Crippen molar-refractivity contribution in [2.45, 2.75) is 69.0 Å². The zero-order valence-corrected chi connectivity index (χ0v) is 27.3. The van der Waals surface area contributed by atoms with E-state index >= 15 is 4.79 Å². The van der Waals surface area contributed by atoms with E-state index in [0.29, 0.717) is 19.5 Å². The average molecular weight is 618 g/mol. The molecule has 3 amide bonds. The predicted molar refractivity (Wildman–Crippen MR) is 179 cm³/mol. The van der Waals surface area contributed by atoms with Crippen molar-refractivity contribution < 1.29 is 19.5 Å². The number of hydrogen-bond donors (Lipinski definition) is 1. The van der Waals surface area contributed by atoms with E-state index in [9.17, 15) is 14.7 Å². The Hall–Kier alpha value is -3.10. The maximum atomic E-state index is 15.1. The summed E-state index contributed by atoms with van der Waals surface area (Å²) in [6.07, 6.45) is 5.59. The Morgan fingerprint density at radius 2 is 1.82 bits per heavy atom. The molecular weight excluding hydrogens is 570 g/mol. The van der Waals surface area contributed by atoms with E-state index in [-0.39, 0.29) is 48.0 Å². The number of carbonyl (C=O) groups is 3. The second-order valence-electron chi connectivity index (χ2n) is 13.1. The fourth-order valence-electron chi connectivity index (χ4n) is 8.11. The first kappa shape index (κ1) is 32.3. The number of carbonyl (C=O) groups excluding carboxylic acids is 3. The fraction of sp³-hybridized carbons (Fsp3) is 0.528. The normalized spacial score (nSPS) is 27.9. The van der Waals surface area contributed by atoms with Crippen molar-refractivity contribution in [2.75, 3.05) is 31.1 Å². The van der Waals surface area contributed by atoms with Crippen LogP contribution in [0.2, 0.25) is 0 Å². The van der Waals surface area contributed by atoms with Crippen LogP contribution in [0.5, 0.6) is 0 Å². The van der Waals surface area contributed by atoms with E-state index in [1.807, 2.05) is 54.3 Å². The molecule has 1 N–H and O–H groups in total. The lowest BCUT2D eigenvalue weighted by molar-refractivity contribution is -0.145. The van der Waals surface area contributed by atoms with Gasteiger partial charge in [-0.05, 0) is 54.0 Å². The number of aliphatic hydroxyl groups is 1. The van der Waals surface area contributed by atoms with Crippen LogP contribution in [0, 0.1) is 23.7 Å². The van der Waals surface area contributed by atoms with Gasteiger partial charge < -0.3 is 19.8 Å². The topological polar surface area (TPSA) is 81.2 Å². The van der Waals surface area contributed by atoms with E-state index in [2.05, 4.69) is 33.9 Å². The zero-order valence-electron chi connectivity index (χ0n) is 26.5. The molecule has 0 saturated carbocycles. The molecule has 0 aliphatic carbocycles. The monoisotopic (exact) mass is 617 g/mol. The van der Waals surface area contributed by atoms with E-state index in [0.717, 1.165) is 29.3 Å². The summed E-state index contributed by atoms with van der Waals surface area (Å²) in [5.41, 5.74) is 0.739. The summed E-state index contributed by atoms with van der Waals surface area (Å²) in [5.74, 6) is -1.28. The Balaban J connectivity index is 1.64. The third-order valence-corrected chi connectivity index (χ3v) is 11.9. The number of aliphatic hydroxyl groups excluding tert-OH is 1. The van der Waals surface area contributed by atoms with Crippen LogP contribution in [0.3, 0.4) is 0 Å². The van der Waals surface area contributed by atoms with Gasteiger partial charge in [0.25, 0.3) is 5.91 Å². The first-order valence-corrected chi connectivity index (χ1v) is 16.9. The van der Waals surface area contributed by atoms with E-state index in [4.69, 9.17) is 0 Å². The van der Waals surface area contributed by atoms with Gasteiger partial charge in [-0.1, -0.05) is 70.2 Å². The number of fused-ring (bicyclic) bond motifs is 2. The van der Waals surface area contributed by atoms with Crippen LogP contribution in [0.1, 0.15) is 47.0 Å². The van der Waals surface area contributed by atoms with Gasteiger partial charge in [-0.15, -0.1) is 24.9 Å². The van der Waals surface area contributed by atoms with Crippen molar-refractivity contribution in [3.63, 3.8) is 0 Å². The summed E-state index contributed by atoms with van der Waals surface area (Å²) >= 11 is 1.68. The Morgan fingerprint density at radius 3 is 2.45 bits per heavy atom. The number of benzene rings is 2. The van der Waals surface area contributed by atoms with E-state index in [1.165, 1.54) is 0 Å². The van der Waals surface area contributed by atoms with Crippen LogP contribution in [-0.2, 0) is 14.4 Å². The third kappa shape index (κ3) is 5.28. The number of amides is 3. The predicted octanol–water partition coefficient (Wildman–Crippen LogP) is 5.53. The summed E-state index contributed by atoms with van der Waals surface area (Å²) in [6.45, 7) is 17.2. The third-order valence-electron chi connectivity index (χ3n) is 9.83. The van der Waals surface area contributed by atoms with Crippen LogP contribution in [0.4, 0.5) is 5.69 Å². The van der Waals surface area contributed by atoms with Crippen molar-refractivity contribution in [1.29, 1.82) is 0 Å². The molecule has 2 aromatic carbocycles. The molecule has 8 heteroatoms. The quantitative estimate of drug-likeness (QED) is 0.299. The summed E-state index contributed by atoms with van der Waals surface area (Å²) in [6, 6.07) is 12.7. The Kier molecular flexibility index (Phi) is 9.61. The van der Waals surface area contributed by atoms with Crippen LogP contribution in [0.15, 0.2) is 67.8 Å². The first-order valence-electron chi connectivity index (χ1n) is 16.1. The molecule has 3 aliphatic rings. The SMILES string of the molecule is C=CCN(CCC)C(=O)[C@@H]1[C@H]2C(=O)N([C@@H](CO)CC(C)C)C(C(=O)N(CC=C)c3ccc4ccccc4c3)C23S[C@@H]1CC3C. The summed E-state index contributed by atoms with van der Waals surface area (Å²) in [5, 5.41) is 12.8. The molecule has 0 aromatic heterocycles. The van der Waals surface area contributed by atoms with Crippen molar-refractivity contribution in [1.82, 2.24) is 9.80 Å². The van der Waals surface area contributed by atoms with Crippen molar-refractivity contribution in [2.24, 2.45) is 23.7 Å². The van der Waals surface area contributed by atoms with Gasteiger partial charge in [-0.3, -0.25) is 14.4 Å². The van der Waals surface area contributed by atoms with Crippen molar-refractivity contribution >= 4 is 45.9 Å². The van der Waals surface area contributed by atoms with Gasteiger partial charge in [-0.25, -0.2) is 0 Å². The lowest BCUT2D eigenvalue weighted by Crippen LogP contribution is -2.59. The minimum Gasteiger partial charge on any atom is -0.394 e. The number of rotatable bonds is 13. The molecule has 3 fully saturated rings. The maximum Gasteiger partial charge on any atom is 0.251 e. The lowest BCUT2D eigenvalue weighted by Gasteiger charge is -2.42. The van der Waals surface area contributed by atoms with Gasteiger partial charge in [-0.2, -0.15) is 0 Å². The Labute approximate surface area is 266 Å². The van der Waals surface area contributed by atoms with Gasteiger partial charge >= 0.3 is 0 Å². The highest BCUT2D eigenvalue weighted by atomic mass is 32.2. The van der Waals surface area contributed by atoms with Crippen molar-refractivity contribution in [3.05, 3.63) is 67.8 Å². The van der Waals surface area contributed by atoms with Crippen LogP contribution >= 0.6 is 11.8 Å². The average Bonchev–Trinajstić information content (AvgIpc) is 3.61. The largest absolute Gasteiger partial charge is 0.394 e. The molecule has 3 aliphatic heterocycles. The molecule has 2 aromatic rings. The molecule has 0 radical (unpaired) electrons. The minimum atomic E-state index is -0.816. The highest BCUT2D eigenvalue weighted by Crippen LogP contribution is 2.69. The molecule has 2 bridgehead atoms. The van der Waals surface area contributed by atoms with Gasteiger partial charge in [0.1, 0.15) is 6.04 Å². The standard InChI is InChI=1S/C36H47N3O4S/c1-7-16-37(17-8-2)33(41)30-29-20-24(6)36(44-29)31(30)34(42)39(28(22-40)19-23(4)5)32(36)35(43)38(18-9-3)27-15-14-25-12-10-11-13-26(25)21-27/h7,9-15,21,23-24,28-32,40H,1,3,8,16-20,22H2,2,4-6H3/t24?,28-,29-,30+,31+,32?,36?/m1/s1. The molecule has 236 valence electrons. The molecule has 5 rings (SSSR count). The lowest BCUT2D eigenvalue weighted by atomic mass is 9.65. The molecule has 3 heterocycles. The molecular formula is C36H47N3O4S. The molecule has 44 heavy (non-hydrogen) atoms. The summed E-state index contributed by atoms with van der Waals surface area (Å²) in [4.78, 5) is 49.4. The zero-order chi connectivity index (χ0) is 31.8. The number of nitrogens with zero attached hydrogens (tertiary/aromatic N) is 3. The first-order chi connectivity index (χ1) is 21.1. The second kappa shape index (κ2) is 13.1. The second-order valence-corrected chi connectivity index (χ2v) is 14.7. The molecule has 1 spiro atoms. The minimum absolute atomic E-state index is 0.0219. The smallest absolute Gasteiger partial charge is 0.251 e. The maximum absolute atomic E-state index is 15.1. The van der Waals surface area contributed by atoms with Gasteiger partial charge in [0.2, 0.25) is 11.8 Å². The van der Waals surface area contributed by atoms with Crippen LogP contribution < -0.4 is 4.90 Å². The summed E-state index contributed by atoms with van der Waals surface area (Å²) < 4.78 is -0.772. The Morgan fingerprint density at radius 1 is 1.11 bits per heavy atom. The summed E-state index contributed by atoms with van der Waals surface area (Å²) in [7, 11) is 0. The molecule has 3 saturated heterocycles. The highest BCUT2D eigenvalue weighted by molar-refractivity contribution is 8.02. The van der Waals surface area contributed by atoms with Crippen LogP contribution in [0.25, 0.3) is 10.8 Å². The Bertz CT molecular complexity index is 1430. The number of anilines is 1. The molecule has 3 unspecified atom stereocenters. The van der Waals surface area contributed by atoms with Gasteiger partial charge in [0.15, 0.2) is 0 Å². The number of likely N-dealkylation sites (tertiary alicyclic amines) is 1. The fourth-order valence-corrected chi connectivity index (χ4v) is 10.5. The number of thioether (sulfide) groups is 1. The molecule has 7 nitrogen and oxygen atoms in total.